The lowest BCUT2D eigenvalue weighted by Crippen LogP contribution is -2.29. The molecule has 0 aliphatic heterocycles. The predicted molar refractivity (Wildman–Crippen MR) is 121 cm³/mol. The molecule has 0 saturated carbocycles. The molecule has 0 fully saturated rings. The number of aryl methyl sites for hydroxylation is 3. The van der Waals surface area contributed by atoms with Gasteiger partial charge in [-0.05, 0) is 44.5 Å². The molecule has 4 aromatic rings. The number of aromatic nitrogens is 4. The molecular formula is C22H24N6O2S. The van der Waals surface area contributed by atoms with Gasteiger partial charge in [0.05, 0.1) is 21.7 Å². The van der Waals surface area contributed by atoms with Crippen molar-refractivity contribution < 1.29 is 8.42 Å². The van der Waals surface area contributed by atoms with Gasteiger partial charge in [0.15, 0.2) is 5.65 Å². The first kappa shape index (κ1) is 21.0. The Morgan fingerprint density at radius 3 is 2.35 bits per heavy atom. The summed E-state index contributed by atoms with van der Waals surface area (Å²) in [5.74, 6) is 1.24. The van der Waals surface area contributed by atoms with E-state index < -0.39 is 10.0 Å². The van der Waals surface area contributed by atoms with E-state index in [1.54, 1.807) is 30.3 Å². The van der Waals surface area contributed by atoms with Gasteiger partial charge in [0.25, 0.3) is 0 Å². The number of nitrogens with one attached hydrogen (secondary N) is 2. The van der Waals surface area contributed by atoms with Gasteiger partial charge >= 0.3 is 0 Å². The Balaban J connectivity index is 1.57. The fourth-order valence-electron chi connectivity index (χ4n) is 3.44. The van der Waals surface area contributed by atoms with Crippen molar-refractivity contribution in [1.82, 2.24) is 24.5 Å². The summed E-state index contributed by atoms with van der Waals surface area (Å²) in [5, 5.41) is 8.75. The normalized spacial score (nSPS) is 11.7. The highest BCUT2D eigenvalue weighted by molar-refractivity contribution is 7.89. The maximum Gasteiger partial charge on any atom is 0.240 e. The highest BCUT2D eigenvalue weighted by atomic mass is 32.2. The van der Waals surface area contributed by atoms with Crippen LogP contribution in [0.4, 0.5) is 5.82 Å². The van der Waals surface area contributed by atoms with Crippen molar-refractivity contribution >= 4 is 26.9 Å². The molecule has 0 bridgehead atoms. The van der Waals surface area contributed by atoms with Crippen LogP contribution in [0.1, 0.15) is 17.1 Å². The molecule has 0 unspecified atom stereocenters. The van der Waals surface area contributed by atoms with Crippen molar-refractivity contribution in [1.29, 1.82) is 0 Å². The standard InChI is InChI=1S/C22H24N6O2S/c1-15-9-7-8-12-19(15)28-22-20(16(2)27-28)21(25-17(3)26-22)23-13-14-24-31(29,30)18-10-5-4-6-11-18/h4-12,24H,13-14H2,1-3H3,(H,23,25,26). The van der Waals surface area contributed by atoms with Gasteiger partial charge in [-0.1, -0.05) is 36.4 Å². The van der Waals surface area contributed by atoms with Crippen LogP contribution < -0.4 is 10.0 Å². The van der Waals surface area contributed by atoms with Crippen molar-refractivity contribution in [3.63, 3.8) is 0 Å². The zero-order chi connectivity index (χ0) is 22.0. The molecule has 0 spiro atoms. The maximum atomic E-state index is 12.4. The number of fused-ring (bicyclic) bond motifs is 1. The monoisotopic (exact) mass is 436 g/mol. The number of para-hydroxylation sites is 1. The second kappa shape index (κ2) is 8.44. The Morgan fingerprint density at radius 1 is 0.903 bits per heavy atom. The summed E-state index contributed by atoms with van der Waals surface area (Å²) in [6, 6.07) is 16.3. The molecule has 0 aliphatic rings. The summed E-state index contributed by atoms with van der Waals surface area (Å²) in [7, 11) is -3.55. The maximum absolute atomic E-state index is 12.4. The number of rotatable bonds is 7. The minimum atomic E-state index is -3.55. The Morgan fingerprint density at radius 2 is 1.61 bits per heavy atom. The van der Waals surface area contributed by atoms with Crippen molar-refractivity contribution in [2.24, 2.45) is 0 Å². The van der Waals surface area contributed by atoms with Gasteiger partial charge in [0.2, 0.25) is 10.0 Å². The summed E-state index contributed by atoms with van der Waals surface area (Å²) >= 11 is 0. The second-order valence-corrected chi connectivity index (χ2v) is 9.01. The van der Waals surface area contributed by atoms with E-state index in [4.69, 9.17) is 5.10 Å². The lowest BCUT2D eigenvalue weighted by molar-refractivity contribution is 0.583. The van der Waals surface area contributed by atoms with Crippen LogP contribution in [0.3, 0.4) is 0 Å². The lowest BCUT2D eigenvalue weighted by atomic mass is 10.2. The summed E-state index contributed by atoms with van der Waals surface area (Å²) < 4.78 is 29.2. The van der Waals surface area contributed by atoms with Crippen LogP contribution in [0.25, 0.3) is 16.7 Å². The molecular weight excluding hydrogens is 412 g/mol. The molecule has 0 radical (unpaired) electrons. The summed E-state index contributed by atoms with van der Waals surface area (Å²) in [5.41, 5.74) is 3.56. The molecule has 2 N–H and O–H groups in total. The first-order valence-corrected chi connectivity index (χ1v) is 11.4. The van der Waals surface area contributed by atoms with Gasteiger partial charge in [0, 0.05) is 13.1 Å². The van der Waals surface area contributed by atoms with E-state index in [0.717, 1.165) is 22.3 Å². The van der Waals surface area contributed by atoms with Crippen LogP contribution in [-0.2, 0) is 10.0 Å². The van der Waals surface area contributed by atoms with E-state index in [9.17, 15) is 8.42 Å². The van der Waals surface area contributed by atoms with Crippen molar-refractivity contribution in [2.75, 3.05) is 18.4 Å². The Kier molecular flexibility index (Phi) is 5.71. The van der Waals surface area contributed by atoms with Crippen LogP contribution in [0, 0.1) is 20.8 Å². The smallest absolute Gasteiger partial charge is 0.240 e. The molecule has 4 rings (SSSR count). The van der Waals surface area contributed by atoms with Crippen LogP contribution >= 0.6 is 0 Å². The Labute approximate surface area is 181 Å². The number of benzene rings is 2. The fraction of sp³-hybridized carbons (Fsp3) is 0.227. The van der Waals surface area contributed by atoms with Gasteiger partial charge in [-0.25, -0.2) is 27.8 Å². The van der Waals surface area contributed by atoms with Crippen molar-refractivity contribution in [3.05, 3.63) is 71.7 Å². The van der Waals surface area contributed by atoms with Gasteiger partial charge in [-0.15, -0.1) is 0 Å². The van der Waals surface area contributed by atoms with Crippen LogP contribution in [0.5, 0.6) is 0 Å². The fourth-order valence-corrected chi connectivity index (χ4v) is 4.49. The number of nitrogens with zero attached hydrogens (tertiary/aromatic N) is 4. The third kappa shape index (κ3) is 4.28. The lowest BCUT2D eigenvalue weighted by Gasteiger charge is -2.10. The van der Waals surface area contributed by atoms with E-state index in [0.29, 0.717) is 23.8 Å². The molecule has 0 aliphatic carbocycles. The number of sulfonamides is 1. The molecule has 0 atom stereocenters. The molecule has 0 amide bonds. The van der Waals surface area contributed by atoms with Gasteiger partial charge in [-0.2, -0.15) is 5.10 Å². The molecule has 160 valence electrons. The largest absolute Gasteiger partial charge is 0.368 e. The molecule has 2 aromatic carbocycles. The molecule has 2 heterocycles. The summed E-state index contributed by atoms with van der Waals surface area (Å²) in [6.07, 6.45) is 0. The molecule has 9 heteroatoms. The van der Waals surface area contributed by atoms with Crippen molar-refractivity contribution in [3.8, 4) is 5.69 Å². The zero-order valence-corrected chi connectivity index (χ0v) is 18.4. The summed E-state index contributed by atoms with van der Waals surface area (Å²) in [6.45, 7) is 6.36. The summed E-state index contributed by atoms with van der Waals surface area (Å²) in [4.78, 5) is 9.39. The number of hydrogen-bond acceptors (Lipinski definition) is 6. The van der Waals surface area contributed by atoms with Gasteiger partial charge < -0.3 is 5.32 Å². The van der Waals surface area contributed by atoms with E-state index >= 15 is 0 Å². The zero-order valence-electron chi connectivity index (χ0n) is 17.6. The molecule has 2 aromatic heterocycles. The first-order chi connectivity index (χ1) is 14.9. The third-order valence-corrected chi connectivity index (χ3v) is 6.40. The SMILES string of the molecule is Cc1nc(NCCNS(=O)(=O)c2ccccc2)c2c(C)nn(-c3ccccc3C)c2n1. The quantitative estimate of drug-likeness (QED) is 0.432. The van der Waals surface area contributed by atoms with Crippen LogP contribution in [0.15, 0.2) is 59.5 Å². The minimum absolute atomic E-state index is 0.215. The highest BCUT2D eigenvalue weighted by Crippen LogP contribution is 2.27. The van der Waals surface area contributed by atoms with Gasteiger partial charge in [-0.3, -0.25) is 0 Å². The second-order valence-electron chi connectivity index (χ2n) is 7.24. The Bertz CT molecular complexity index is 1330. The van der Waals surface area contributed by atoms with E-state index in [2.05, 4.69) is 20.0 Å². The van der Waals surface area contributed by atoms with E-state index in [1.807, 2.05) is 49.7 Å². The number of hydrogen-bond donors (Lipinski definition) is 2. The first-order valence-electron chi connectivity index (χ1n) is 9.95. The predicted octanol–water partition coefficient (Wildman–Crippen LogP) is 3.13. The minimum Gasteiger partial charge on any atom is -0.368 e. The average Bonchev–Trinajstić information content (AvgIpc) is 3.08. The van der Waals surface area contributed by atoms with E-state index in [-0.39, 0.29) is 11.4 Å². The van der Waals surface area contributed by atoms with Crippen LogP contribution in [-0.4, -0.2) is 41.3 Å². The Hall–Kier alpha value is -3.30. The van der Waals surface area contributed by atoms with Crippen LogP contribution in [0.2, 0.25) is 0 Å². The van der Waals surface area contributed by atoms with Crippen molar-refractivity contribution in [2.45, 2.75) is 25.7 Å². The molecule has 0 saturated heterocycles. The average molecular weight is 437 g/mol. The van der Waals surface area contributed by atoms with Gasteiger partial charge in [0.1, 0.15) is 11.6 Å². The topological polar surface area (TPSA) is 102 Å². The van der Waals surface area contributed by atoms with E-state index in [1.165, 1.54) is 0 Å². The molecule has 31 heavy (non-hydrogen) atoms. The molecule has 8 nitrogen and oxygen atoms in total. The third-order valence-electron chi connectivity index (χ3n) is 4.92. The highest BCUT2D eigenvalue weighted by Gasteiger charge is 2.18. The number of anilines is 1.